The topological polar surface area (TPSA) is 179 Å². The van der Waals surface area contributed by atoms with Crippen LogP contribution in [0.15, 0.2) is 0 Å². The number of aliphatic hydroxyl groups excluding tert-OH is 1. The van der Waals surface area contributed by atoms with Crippen molar-refractivity contribution in [1.29, 1.82) is 0 Å². The van der Waals surface area contributed by atoms with E-state index in [0.717, 1.165) is 0 Å². The minimum absolute atomic E-state index is 0.0256. The quantitative estimate of drug-likeness (QED) is 0.169. The van der Waals surface area contributed by atoms with Crippen LogP contribution in [0.4, 0.5) is 0 Å². The fourth-order valence-corrected chi connectivity index (χ4v) is 1.59. The van der Waals surface area contributed by atoms with E-state index < -0.39 is 42.4 Å². The highest BCUT2D eigenvalue weighted by Crippen LogP contribution is 1.97. The summed E-state index contributed by atoms with van der Waals surface area (Å²) in [5.74, 6) is -3.07. The molecule has 0 saturated heterocycles. The minimum atomic E-state index is -1.22. The second-order valence-corrected chi connectivity index (χ2v) is 6.38. The molecule has 2 amide bonds. The summed E-state index contributed by atoms with van der Waals surface area (Å²) in [6.07, 6.45) is -0.235. The van der Waals surface area contributed by atoms with Gasteiger partial charge in [-0.3, -0.25) is 19.2 Å². The summed E-state index contributed by atoms with van der Waals surface area (Å²) in [5, 5.41) is 29.6. The Morgan fingerprint density at radius 2 is 1.65 bits per heavy atom. The van der Waals surface area contributed by atoms with Crippen LogP contribution in [0, 0.1) is 0 Å². The highest BCUT2D eigenvalue weighted by Gasteiger charge is 2.20. The van der Waals surface area contributed by atoms with E-state index in [9.17, 15) is 19.2 Å². The van der Waals surface area contributed by atoms with Crippen molar-refractivity contribution in [3.63, 3.8) is 0 Å². The van der Waals surface area contributed by atoms with Gasteiger partial charge in [0.05, 0.1) is 6.61 Å². The molecule has 0 heterocycles. The lowest BCUT2D eigenvalue weighted by atomic mass is 10.1. The molecule has 0 aromatic heterocycles. The van der Waals surface area contributed by atoms with Gasteiger partial charge in [0, 0.05) is 23.2 Å². The van der Waals surface area contributed by atoms with Crippen LogP contribution >= 0.6 is 37.9 Å². The lowest BCUT2D eigenvalue weighted by Crippen LogP contribution is -2.49. The molecule has 0 bridgehead atoms. The molecule has 7 N–H and O–H groups in total. The number of aliphatic hydroxyl groups is 1. The van der Waals surface area contributed by atoms with Gasteiger partial charge in [-0.15, -0.1) is 0 Å². The van der Waals surface area contributed by atoms with E-state index in [0.29, 0.717) is 5.75 Å². The monoisotopic (exact) mass is 431 g/mol. The van der Waals surface area contributed by atoms with Gasteiger partial charge in [-0.1, -0.05) is 0 Å². The summed E-state index contributed by atoms with van der Waals surface area (Å²) >= 11 is 11.6. The van der Waals surface area contributed by atoms with Crippen molar-refractivity contribution in [2.45, 2.75) is 30.2 Å². The summed E-state index contributed by atoms with van der Waals surface area (Å²) in [6.45, 7) is -0.449. The number of carboxylic acid groups (broad SMARTS) is 2. The van der Waals surface area contributed by atoms with Gasteiger partial charge in [0.2, 0.25) is 11.8 Å². The molecule has 0 saturated carbocycles. The van der Waals surface area contributed by atoms with E-state index in [1.54, 1.807) is 0 Å². The van der Waals surface area contributed by atoms with Crippen LogP contribution in [-0.4, -0.2) is 81.1 Å². The molecular formula is C13H25N3O7S3. The second-order valence-electron chi connectivity index (χ2n) is 4.92. The van der Waals surface area contributed by atoms with Crippen molar-refractivity contribution in [2.75, 3.05) is 24.7 Å². The van der Waals surface area contributed by atoms with Crippen molar-refractivity contribution < 1.29 is 34.5 Å². The first kappa shape index (κ1) is 27.1. The van der Waals surface area contributed by atoms with Crippen molar-refractivity contribution in [2.24, 2.45) is 5.73 Å². The first-order valence-electron chi connectivity index (χ1n) is 7.36. The summed E-state index contributed by atoms with van der Waals surface area (Å²) in [7, 11) is 0. The van der Waals surface area contributed by atoms with Crippen molar-refractivity contribution >= 4 is 61.6 Å². The molecule has 0 rings (SSSR count). The maximum atomic E-state index is 11.5. The standard InChI is InChI=1S/C10H17N3O6S.C3H8OS2/c11-5(10(18)19)1-2-7(14)13-6(4-20)9(17)12-3-8(15)16;4-1-3(6)2-5/h5-6,20H,1-4,11H2,(H,12,17)(H,13,14)(H,15,16)(H,18,19);3-6H,1-2H2/t5-,6-;/m0./s1. The van der Waals surface area contributed by atoms with Gasteiger partial charge < -0.3 is 31.7 Å². The van der Waals surface area contributed by atoms with E-state index in [1.807, 2.05) is 0 Å². The molecule has 26 heavy (non-hydrogen) atoms. The van der Waals surface area contributed by atoms with E-state index in [4.69, 9.17) is 21.1 Å². The Morgan fingerprint density at radius 3 is 2.00 bits per heavy atom. The highest BCUT2D eigenvalue weighted by atomic mass is 32.1. The molecule has 0 aromatic carbocycles. The number of rotatable bonds is 11. The molecule has 10 nitrogen and oxygen atoms in total. The maximum absolute atomic E-state index is 11.5. The maximum Gasteiger partial charge on any atom is 0.322 e. The number of carbonyl (C=O) groups is 4. The number of nitrogens with two attached hydrogens (primary N) is 1. The van der Waals surface area contributed by atoms with E-state index >= 15 is 0 Å². The number of aliphatic carboxylic acids is 2. The van der Waals surface area contributed by atoms with Gasteiger partial charge >= 0.3 is 11.9 Å². The molecule has 0 spiro atoms. The van der Waals surface area contributed by atoms with Crippen LogP contribution < -0.4 is 16.4 Å². The number of carboxylic acids is 2. The van der Waals surface area contributed by atoms with E-state index in [2.05, 4.69) is 48.5 Å². The van der Waals surface area contributed by atoms with Crippen LogP contribution in [0.3, 0.4) is 0 Å². The Kier molecular flexibility index (Phi) is 16.7. The first-order chi connectivity index (χ1) is 12.1. The third-order valence-electron chi connectivity index (χ3n) is 2.67. The van der Waals surface area contributed by atoms with Gasteiger partial charge in [-0.2, -0.15) is 37.9 Å². The molecule has 0 aromatic rings. The van der Waals surface area contributed by atoms with Gasteiger partial charge in [-0.05, 0) is 6.42 Å². The average Bonchev–Trinajstić information content (AvgIpc) is 2.61. The van der Waals surface area contributed by atoms with E-state index in [-0.39, 0.29) is 30.5 Å². The normalized spacial score (nSPS) is 13.4. The molecule has 1 unspecified atom stereocenters. The molecule has 152 valence electrons. The van der Waals surface area contributed by atoms with Gasteiger partial charge in [0.1, 0.15) is 18.6 Å². The van der Waals surface area contributed by atoms with Crippen molar-refractivity contribution in [1.82, 2.24) is 10.6 Å². The van der Waals surface area contributed by atoms with Crippen LogP contribution in [0.25, 0.3) is 0 Å². The largest absolute Gasteiger partial charge is 0.480 e. The number of hydrogen-bond acceptors (Lipinski definition) is 9. The number of nitrogens with one attached hydrogen (secondary N) is 2. The number of amides is 2. The van der Waals surface area contributed by atoms with Crippen LogP contribution in [0.2, 0.25) is 0 Å². The SMILES string of the molecule is N[C@@H](CCC(=O)N[C@@H](CS)C(=O)NCC(=O)O)C(=O)O.OCC(S)CS. The predicted octanol–water partition coefficient (Wildman–Crippen LogP) is -2.00. The molecule has 0 aliphatic carbocycles. The van der Waals surface area contributed by atoms with E-state index in [1.165, 1.54) is 0 Å². The Morgan fingerprint density at radius 1 is 1.08 bits per heavy atom. The molecule has 0 radical (unpaired) electrons. The number of thiol groups is 3. The second kappa shape index (κ2) is 16.1. The van der Waals surface area contributed by atoms with Crippen molar-refractivity contribution in [3.05, 3.63) is 0 Å². The van der Waals surface area contributed by atoms with Crippen LogP contribution in [-0.2, 0) is 19.2 Å². The summed E-state index contributed by atoms with van der Waals surface area (Å²) in [5.41, 5.74) is 5.23. The summed E-state index contributed by atoms with van der Waals surface area (Å²) in [4.78, 5) is 43.7. The zero-order valence-electron chi connectivity index (χ0n) is 13.9. The highest BCUT2D eigenvalue weighted by molar-refractivity contribution is 7.84. The Bertz CT molecular complexity index is 464. The number of carbonyl (C=O) groups excluding carboxylic acids is 2. The lowest BCUT2D eigenvalue weighted by Gasteiger charge is -2.16. The predicted molar refractivity (Wildman–Crippen MR) is 105 cm³/mol. The smallest absolute Gasteiger partial charge is 0.322 e. The Balaban J connectivity index is 0. The lowest BCUT2D eigenvalue weighted by molar-refractivity contribution is -0.139. The van der Waals surface area contributed by atoms with Gasteiger partial charge in [-0.25, -0.2) is 0 Å². The average molecular weight is 432 g/mol. The molecule has 0 fully saturated rings. The minimum Gasteiger partial charge on any atom is -0.480 e. The first-order valence-corrected chi connectivity index (χ1v) is 9.14. The number of hydrogen-bond donors (Lipinski definition) is 9. The third-order valence-corrected chi connectivity index (χ3v) is 4.11. The Labute approximate surface area is 167 Å². The molecule has 0 aliphatic rings. The summed E-state index contributed by atoms with van der Waals surface area (Å²) < 4.78 is 0. The summed E-state index contributed by atoms with van der Waals surface area (Å²) in [6, 6.07) is -2.15. The third kappa shape index (κ3) is 15.1. The van der Waals surface area contributed by atoms with Crippen molar-refractivity contribution in [3.8, 4) is 0 Å². The Hall–Kier alpha value is -1.15. The molecule has 0 aliphatic heterocycles. The fourth-order valence-electron chi connectivity index (χ4n) is 1.21. The van der Waals surface area contributed by atoms with Gasteiger partial charge in [0.25, 0.3) is 0 Å². The molecule has 13 heteroatoms. The zero-order chi connectivity index (χ0) is 20.7. The molecular weight excluding hydrogens is 406 g/mol. The molecule has 3 atom stereocenters. The van der Waals surface area contributed by atoms with Crippen LogP contribution in [0.1, 0.15) is 12.8 Å². The zero-order valence-corrected chi connectivity index (χ0v) is 16.6. The van der Waals surface area contributed by atoms with Gasteiger partial charge in [0.15, 0.2) is 0 Å². The van der Waals surface area contributed by atoms with Crippen LogP contribution in [0.5, 0.6) is 0 Å². The fraction of sp³-hybridized carbons (Fsp3) is 0.692.